The minimum Gasteiger partial charge on any atom is -0.396 e. The van der Waals surface area contributed by atoms with Crippen LogP contribution >= 0.6 is 0 Å². The fraction of sp³-hybridized carbons (Fsp3) is 0.286. The number of rotatable bonds is 8. The fourth-order valence-electron chi connectivity index (χ4n) is 3.03. The van der Waals surface area contributed by atoms with Crippen LogP contribution in [-0.2, 0) is 27.4 Å². The summed E-state index contributed by atoms with van der Waals surface area (Å²) in [7, 11) is -3.57. The summed E-state index contributed by atoms with van der Waals surface area (Å²) in [5.74, 6) is 0. The second-order valence-corrected chi connectivity index (χ2v) is 8.86. The van der Waals surface area contributed by atoms with Crippen LogP contribution in [-0.4, -0.2) is 42.8 Å². The highest BCUT2D eigenvalue weighted by Gasteiger charge is 2.30. The number of hydrogen-bond acceptors (Lipinski definition) is 5. The molecule has 1 aromatic heterocycles. The smallest absolute Gasteiger partial charge is 0.396 e. The van der Waals surface area contributed by atoms with E-state index in [0.717, 1.165) is 18.4 Å². The molecule has 0 spiro atoms. The molecule has 0 atom stereocenters. The van der Waals surface area contributed by atoms with E-state index in [4.69, 9.17) is 9.84 Å². The summed E-state index contributed by atoms with van der Waals surface area (Å²) < 4.78 is 70.2. The first kappa shape index (κ1) is 23.0. The molecule has 3 aromatic rings. The third-order valence-corrected chi connectivity index (χ3v) is 5.61. The normalized spacial score (nSPS) is 12.3. The zero-order valence-electron chi connectivity index (χ0n) is 16.6. The average Bonchev–Trinajstić information content (AvgIpc) is 3.14. The Hall–Kier alpha value is -2.69. The van der Waals surface area contributed by atoms with Crippen LogP contribution in [0.5, 0.6) is 0 Å². The molecular formula is C21H21F3N2O4S. The highest BCUT2D eigenvalue weighted by Crippen LogP contribution is 2.32. The van der Waals surface area contributed by atoms with Crippen LogP contribution in [0.3, 0.4) is 0 Å². The Balaban J connectivity index is 2.09. The van der Waals surface area contributed by atoms with Crippen molar-refractivity contribution >= 4 is 9.84 Å². The lowest BCUT2D eigenvalue weighted by molar-refractivity contribution is -0.137. The van der Waals surface area contributed by atoms with E-state index in [1.165, 1.54) is 22.9 Å². The first-order valence-electron chi connectivity index (χ1n) is 9.36. The van der Waals surface area contributed by atoms with E-state index in [2.05, 4.69) is 5.10 Å². The number of ether oxygens (including phenoxy) is 1. The van der Waals surface area contributed by atoms with E-state index in [0.29, 0.717) is 35.7 Å². The average molecular weight is 454 g/mol. The fourth-order valence-corrected chi connectivity index (χ4v) is 3.92. The third kappa shape index (κ3) is 5.52. The van der Waals surface area contributed by atoms with Gasteiger partial charge in [-0.25, -0.2) is 13.1 Å². The van der Waals surface area contributed by atoms with Crippen molar-refractivity contribution in [3.63, 3.8) is 0 Å². The molecule has 0 saturated heterocycles. The second kappa shape index (κ2) is 9.21. The monoisotopic (exact) mass is 454 g/mol. The Morgan fingerprint density at radius 2 is 1.77 bits per heavy atom. The molecule has 0 radical (unpaired) electrons. The molecule has 0 saturated carbocycles. The minimum absolute atomic E-state index is 0.0209. The van der Waals surface area contributed by atoms with Gasteiger partial charge in [-0.15, -0.1) is 0 Å². The lowest BCUT2D eigenvalue weighted by atomic mass is 10.1. The van der Waals surface area contributed by atoms with Gasteiger partial charge < -0.3 is 9.84 Å². The van der Waals surface area contributed by atoms with Crippen molar-refractivity contribution in [1.82, 2.24) is 9.78 Å². The van der Waals surface area contributed by atoms with Crippen molar-refractivity contribution in [2.75, 3.05) is 19.5 Å². The molecule has 1 heterocycles. The summed E-state index contributed by atoms with van der Waals surface area (Å²) in [6.45, 7) is 0.382. The van der Waals surface area contributed by atoms with Crippen LogP contribution in [0.4, 0.5) is 13.2 Å². The molecule has 0 bridgehead atoms. The molecule has 31 heavy (non-hydrogen) atoms. The van der Waals surface area contributed by atoms with Crippen molar-refractivity contribution in [2.24, 2.45) is 0 Å². The summed E-state index contributed by atoms with van der Waals surface area (Å²) in [5.41, 5.74) is 0.790. The van der Waals surface area contributed by atoms with E-state index in [9.17, 15) is 21.6 Å². The van der Waals surface area contributed by atoms with E-state index < -0.39 is 21.6 Å². The van der Waals surface area contributed by atoms with Crippen molar-refractivity contribution < 1.29 is 31.4 Å². The number of hydrogen-bond donors (Lipinski definition) is 1. The van der Waals surface area contributed by atoms with Crippen molar-refractivity contribution in [3.05, 3.63) is 65.9 Å². The van der Waals surface area contributed by atoms with Gasteiger partial charge in [0, 0.05) is 25.0 Å². The van der Waals surface area contributed by atoms with Gasteiger partial charge in [-0.05, 0) is 42.8 Å². The molecule has 0 aliphatic carbocycles. The Morgan fingerprint density at radius 1 is 1.10 bits per heavy atom. The second-order valence-electron chi connectivity index (χ2n) is 6.88. The maximum Gasteiger partial charge on any atom is 0.416 e. The Labute approximate surface area is 177 Å². The number of aliphatic hydroxyl groups excluding tert-OH is 1. The summed E-state index contributed by atoms with van der Waals surface area (Å²) in [5, 5.41) is 13.3. The number of aliphatic hydroxyl groups is 1. The van der Waals surface area contributed by atoms with Gasteiger partial charge >= 0.3 is 6.18 Å². The Morgan fingerprint density at radius 3 is 2.39 bits per heavy atom. The number of halogens is 3. The van der Waals surface area contributed by atoms with Crippen LogP contribution in [0.1, 0.15) is 17.7 Å². The largest absolute Gasteiger partial charge is 0.416 e. The molecular weight excluding hydrogens is 433 g/mol. The van der Waals surface area contributed by atoms with E-state index >= 15 is 0 Å². The Kier molecular flexibility index (Phi) is 6.83. The first-order valence-corrected chi connectivity index (χ1v) is 11.2. The van der Waals surface area contributed by atoms with Gasteiger partial charge in [0.2, 0.25) is 0 Å². The quantitative estimate of drug-likeness (QED) is 0.523. The number of sulfone groups is 1. The first-order chi connectivity index (χ1) is 14.6. The lowest BCUT2D eigenvalue weighted by Gasteiger charge is -2.12. The molecule has 0 amide bonds. The molecule has 0 unspecified atom stereocenters. The number of nitrogens with zero attached hydrogens (tertiary/aromatic N) is 2. The predicted molar refractivity (Wildman–Crippen MR) is 108 cm³/mol. The molecule has 1 N–H and O–H groups in total. The molecule has 0 fully saturated rings. The van der Waals surface area contributed by atoms with E-state index in [1.54, 1.807) is 24.3 Å². The van der Waals surface area contributed by atoms with Gasteiger partial charge in [0.05, 0.1) is 34.1 Å². The van der Waals surface area contributed by atoms with Crippen LogP contribution in [0.25, 0.3) is 16.9 Å². The van der Waals surface area contributed by atoms with Gasteiger partial charge in [-0.1, -0.05) is 18.2 Å². The number of benzene rings is 2. The van der Waals surface area contributed by atoms with Crippen LogP contribution < -0.4 is 0 Å². The lowest BCUT2D eigenvalue weighted by Crippen LogP contribution is -2.07. The molecule has 10 heteroatoms. The van der Waals surface area contributed by atoms with Crippen molar-refractivity contribution in [2.45, 2.75) is 24.1 Å². The summed E-state index contributed by atoms with van der Waals surface area (Å²) >= 11 is 0. The van der Waals surface area contributed by atoms with Gasteiger partial charge in [-0.3, -0.25) is 0 Å². The van der Waals surface area contributed by atoms with E-state index in [-0.39, 0.29) is 18.1 Å². The topological polar surface area (TPSA) is 81.4 Å². The van der Waals surface area contributed by atoms with Gasteiger partial charge in [0.1, 0.15) is 0 Å². The molecule has 0 aliphatic heterocycles. The van der Waals surface area contributed by atoms with E-state index in [1.807, 2.05) is 0 Å². The Bertz CT molecular complexity index is 1140. The number of aromatic nitrogens is 2. The molecule has 0 aliphatic rings. The van der Waals surface area contributed by atoms with Crippen LogP contribution in [0.15, 0.2) is 59.5 Å². The SMILES string of the molecule is CS(=O)(=O)c1ccccc1-c1cc(COCCCO)nn1-c1ccc(C(F)(F)F)cc1. The molecule has 166 valence electrons. The van der Waals surface area contributed by atoms with Gasteiger partial charge in [0.15, 0.2) is 9.84 Å². The highest BCUT2D eigenvalue weighted by atomic mass is 32.2. The minimum atomic E-state index is -4.47. The van der Waals surface area contributed by atoms with Gasteiger partial charge in [0.25, 0.3) is 0 Å². The zero-order chi connectivity index (χ0) is 22.6. The van der Waals surface area contributed by atoms with Gasteiger partial charge in [-0.2, -0.15) is 18.3 Å². The maximum atomic E-state index is 12.9. The summed E-state index contributed by atoms with van der Waals surface area (Å²) in [4.78, 5) is 0.0795. The molecule has 2 aromatic carbocycles. The van der Waals surface area contributed by atoms with Crippen LogP contribution in [0.2, 0.25) is 0 Å². The zero-order valence-corrected chi connectivity index (χ0v) is 17.4. The molecule has 3 rings (SSSR count). The maximum absolute atomic E-state index is 12.9. The number of alkyl halides is 3. The van der Waals surface area contributed by atoms with Crippen molar-refractivity contribution in [3.8, 4) is 16.9 Å². The standard InChI is InChI=1S/C21H21F3N2O4S/c1-31(28,29)20-6-3-2-5-18(20)19-13-16(14-30-12-4-11-27)25-26(19)17-9-7-15(8-10-17)21(22,23)24/h2-3,5-10,13,27H,4,11-12,14H2,1H3. The summed E-state index contributed by atoms with van der Waals surface area (Å²) in [6.07, 6.45) is -2.94. The molecule has 6 nitrogen and oxygen atoms in total. The third-order valence-electron chi connectivity index (χ3n) is 4.46. The summed E-state index contributed by atoms with van der Waals surface area (Å²) in [6, 6.07) is 12.4. The highest BCUT2D eigenvalue weighted by molar-refractivity contribution is 7.90. The predicted octanol–water partition coefficient (Wildman–Crippen LogP) is 3.86. The van der Waals surface area contributed by atoms with Crippen molar-refractivity contribution in [1.29, 1.82) is 0 Å². The van der Waals surface area contributed by atoms with Crippen LogP contribution in [0, 0.1) is 0 Å².